The largest absolute Gasteiger partial charge is 0.366 e. The number of carbonyl (C=O) groups is 1. The second-order valence-corrected chi connectivity index (χ2v) is 12.6. The summed E-state index contributed by atoms with van der Waals surface area (Å²) in [7, 11) is -1.15. The van der Waals surface area contributed by atoms with Crippen molar-refractivity contribution in [1.82, 2.24) is 5.32 Å². The molecule has 0 aliphatic carbocycles. The molecule has 0 saturated carbocycles. The highest BCUT2D eigenvalue weighted by atomic mass is 32.3. The number of amides is 1. The molecule has 0 saturated heterocycles. The third-order valence-electron chi connectivity index (χ3n) is 4.41. The van der Waals surface area contributed by atoms with Crippen LogP contribution >= 0.6 is 10.3 Å². The van der Waals surface area contributed by atoms with Gasteiger partial charge in [-0.1, -0.05) is 53.7 Å². The number of nitrogens with one attached hydrogen (secondary N) is 1. The Kier molecular flexibility index (Phi) is 6.39. The Labute approximate surface area is 143 Å². The molecule has 1 aliphatic rings. The standard InChI is InChI=1S/C18H35NO3S/c1-13-15(19-16(20)17(2,3)4)11-10-14(22-13)12-21-23(8,9)18(5,6)7/h10-11,13-15H,12H2,1-9H3,(H,19,20)/t13-,14+,15?/m1/s1. The summed E-state index contributed by atoms with van der Waals surface area (Å²) in [6.45, 7) is 14.9. The molecule has 0 bridgehead atoms. The fraction of sp³-hybridized carbons (Fsp3) is 0.833. The Morgan fingerprint density at radius 1 is 1.17 bits per heavy atom. The Morgan fingerprint density at radius 3 is 2.17 bits per heavy atom. The molecule has 0 fully saturated rings. The van der Waals surface area contributed by atoms with E-state index in [4.69, 9.17) is 8.92 Å². The van der Waals surface area contributed by atoms with Crippen LogP contribution in [0.25, 0.3) is 0 Å². The number of hydrogen-bond acceptors (Lipinski definition) is 3. The van der Waals surface area contributed by atoms with Gasteiger partial charge in [0.25, 0.3) is 0 Å². The first-order valence-corrected chi connectivity index (χ1v) is 10.6. The molecule has 1 rings (SSSR count). The molecule has 1 amide bonds. The molecule has 0 spiro atoms. The maximum Gasteiger partial charge on any atom is 0.225 e. The number of rotatable bonds is 4. The van der Waals surface area contributed by atoms with Crippen LogP contribution in [0.5, 0.6) is 0 Å². The quantitative estimate of drug-likeness (QED) is 0.791. The van der Waals surface area contributed by atoms with E-state index in [1.165, 1.54) is 0 Å². The Hall–Kier alpha value is -0.520. The van der Waals surface area contributed by atoms with Crippen molar-refractivity contribution in [2.75, 3.05) is 19.1 Å². The van der Waals surface area contributed by atoms with Gasteiger partial charge >= 0.3 is 0 Å². The van der Waals surface area contributed by atoms with Gasteiger partial charge < -0.3 is 14.2 Å². The zero-order chi connectivity index (χ0) is 18.1. The molecule has 1 N–H and O–H groups in total. The average Bonchev–Trinajstić information content (AvgIpc) is 2.36. The third-order valence-corrected chi connectivity index (χ3v) is 8.08. The molecule has 1 heterocycles. The van der Waals surface area contributed by atoms with Crippen molar-refractivity contribution < 1.29 is 13.7 Å². The molecule has 1 unspecified atom stereocenters. The molecule has 0 aromatic carbocycles. The summed E-state index contributed by atoms with van der Waals surface area (Å²) >= 11 is 0. The highest BCUT2D eigenvalue weighted by Crippen LogP contribution is 2.53. The van der Waals surface area contributed by atoms with Crippen LogP contribution in [0.1, 0.15) is 48.5 Å². The van der Waals surface area contributed by atoms with Crippen molar-refractivity contribution in [2.45, 2.75) is 71.5 Å². The van der Waals surface area contributed by atoms with Crippen LogP contribution in [0.3, 0.4) is 0 Å². The summed E-state index contributed by atoms with van der Waals surface area (Å²) < 4.78 is 12.3. The van der Waals surface area contributed by atoms with E-state index in [0.29, 0.717) is 6.61 Å². The summed E-state index contributed by atoms with van der Waals surface area (Å²) in [5, 5.41) is 3.04. The molecule has 5 heteroatoms. The van der Waals surface area contributed by atoms with Crippen LogP contribution in [0, 0.1) is 5.41 Å². The Balaban J connectivity index is 2.59. The molecule has 4 nitrogen and oxygen atoms in total. The topological polar surface area (TPSA) is 47.6 Å². The van der Waals surface area contributed by atoms with Crippen LogP contribution in [-0.2, 0) is 13.7 Å². The Morgan fingerprint density at radius 2 is 1.74 bits per heavy atom. The fourth-order valence-electron chi connectivity index (χ4n) is 1.85. The highest BCUT2D eigenvalue weighted by molar-refractivity contribution is 8.29. The molecule has 3 atom stereocenters. The number of ether oxygens (including phenoxy) is 1. The van der Waals surface area contributed by atoms with Gasteiger partial charge in [0.15, 0.2) is 0 Å². The third kappa shape index (κ3) is 5.80. The molecule has 0 aromatic heterocycles. The van der Waals surface area contributed by atoms with Gasteiger partial charge in [-0.05, 0) is 19.4 Å². The summed E-state index contributed by atoms with van der Waals surface area (Å²) in [6.07, 6.45) is 8.30. The minimum atomic E-state index is -1.15. The molecular weight excluding hydrogens is 310 g/mol. The molecule has 23 heavy (non-hydrogen) atoms. The van der Waals surface area contributed by atoms with Crippen LogP contribution < -0.4 is 5.32 Å². The van der Waals surface area contributed by atoms with E-state index in [2.05, 4.69) is 38.6 Å². The number of carbonyl (C=O) groups excluding carboxylic acids is 1. The van der Waals surface area contributed by atoms with Crippen molar-refractivity contribution in [1.29, 1.82) is 0 Å². The van der Waals surface area contributed by atoms with Gasteiger partial charge in [0.05, 0.1) is 18.8 Å². The maximum atomic E-state index is 12.1. The second kappa shape index (κ2) is 7.16. The van der Waals surface area contributed by atoms with E-state index in [9.17, 15) is 4.79 Å². The smallest absolute Gasteiger partial charge is 0.225 e. The molecule has 136 valence electrons. The van der Waals surface area contributed by atoms with Gasteiger partial charge in [-0.15, -0.1) is 10.3 Å². The maximum absolute atomic E-state index is 12.1. The average molecular weight is 346 g/mol. The Bertz CT molecular complexity index is 446. The van der Waals surface area contributed by atoms with Crippen molar-refractivity contribution in [3.63, 3.8) is 0 Å². The lowest BCUT2D eigenvalue weighted by molar-refractivity contribution is -0.130. The fourth-order valence-corrected chi connectivity index (χ4v) is 2.68. The summed E-state index contributed by atoms with van der Waals surface area (Å²) in [6, 6.07) is -0.0825. The molecular formula is C18H35NO3S. The van der Waals surface area contributed by atoms with Crippen molar-refractivity contribution in [3.05, 3.63) is 12.2 Å². The van der Waals surface area contributed by atoms with Crippen LogP contribution in [-0.4, -0.2) is 48.0 Å². The first kappa shape index (κ1) is 20.5. The van der Waals surface area contributed by atoms with Crippen LogP contribution in [0.2, 0.25) is 0 Å². The lowest BCUT2D eigenvalue weighted by atomic mass is 9.94. The predicted octanol–water partition coefficient (Wildman–Crippen LogP) is 3.66. The van der Waals surface area contributed by atoms with E-state index >= 15 is 0 Å². The molecule has 0 radical (unpaired) electrons. The summed E-state index contributed by atoms with van der Waals surface area (Å²) in [4.78, 5) is 12.1. The molecule has 0 aromatic rings. The first-order chi connectivity index (χ1) is 10.2. The minimum Gasteiger partial charge on any atom is -0.366 e. The van der Waals surface area contributed by atoms with E-state index in [1.807, 2.05) is 39.8 Å². The normalized spacial score (nSPS) is 26.9. The SMILES string of the molecule is C[C@H]1O[C@H](COS(C)(C)C(C)(C)C)C=CC1NC(=O)C(C)(C)C. The van der Waals surface area contributed by atoms with Gasteiger partial charge in [0.1, 0.15) is 6.10 Å². The predicted molar refractivity (Wildman–Crippen MR) is 100 cm³/mol. The summed E-state index contributed by atoms with van der Waals surface area (Å²) in [5.41, 5.74) is -0.395. The van der Waals surface area contributed by atoms with Crippen LogP contribution in [0.15, 0.2) is 12.2 Å². The van der Waals surface area contributed by atoms with Gasteiger partial charge in [-0.3, -0.25) is 4.79 Å². The van der Waals surface area contributed by atoms with Crippen LogP contribution in [0.4, 0.5) is 0 Å². The first-order valence-electron chi connectivity index (χ1n) is 8.26. The van der Waals surface area contributed by atoms with E-state index in [1.54, 1.807) is 0 Å². The zero-order valence-corrected chi connectivity index (χ0v) is 17.0. The van der Waals surface area contributed by atoms with Gasteiger partial charge in [0.2, 0.25) is 5.91 Å². The van der Waals surface area contributed by atoms with Crippen molar-refractivity contribution in [2.24, 2.45) is 5.41 Å². The van der Waals surface area contributed by atoms with E-state index < -0.39 is 15.7 Å². The van der Waals surface area contributed by atoms with E-state index in [-0.39, 0.29) is 28.9 Å². The van der Waals surface area contributed by atoms with Gasteiger partial charge in [-0.25, -0.2) is 0 Å². The summed E-state index contributed by atoms with van der Waals surface area (Å²) in [5.74, 6) is 0.0376. The van der Waals surface area contributed by atoms with Gasteiger partial charge in [-0.2, -0.15) is 0 Å². The molecule has 1 aliphatic heterocycles. The van der Waals surface area contributed by atoms with Gasteiger partial charge in [0, 0.05) is 10.2 Å². The minimum absolute atomic E-state index is 0.0376. The van der Waals surface area contributed by atoms with E-state index in [0.717, 1.165) is 0 Å². The lowest BCUT2D eigenvalue weighted by Crippen LogP contribution is -2.49. The number of hydrogen-bond donors (Lipinski definition) is 1. The van der Waals surface area contributed by atoms with Crippen molar-refractivity contribution >= 4 is 16.2 Å². The highest BCUT2D eigenvalue weighted by Gasteiger charge is 2.32. The zero-order valence-electron chi connectivity index (χ0n) is 16.2. The second-order valence-electron chi connectivity index (χ2n) is 8.64. The lowest BCUT2D eigenvalue weighted by Gasteiger charge is -2.44. The van der Waals surface area contributed by atoms with Crippen molar-refractivity contribution in [3.8, 4) is 0 Å². The monoisotopic (exact) mass is 345 g/mol.